The lowest BCUT2D eigenvalue weighted by Crippen LogP contribution is -2.15. The van der Waals surface area contributed by atoms with Crippen LogP contribution in [0.2, 0.25) is 5.02 Å². The molecule has 0 fully saturated rings. The van der Waals surface area contributed by atoms with Crippen LogP contribution in [0.3, 0.4) is 0 Å². The number of aromatic nitrogens is 1. The Kier molecular flexibility index (Phi) is 6.62. The minimum absolute atomic E-state index is 0.0185. The molecule has 2 aromatic carbocycles. The van der Waals surface area contributed by atoms with Gasteiger partial charge >= 0.3 is 5.97 Å². The van der Waals surface area contributed by atoms with E-state index in [1.54, 1.807) is 19.1 Å². The summed E-state index contributed by atoms with van der Waals surface area (Å²) in [5.74, 6) is -0.439. The van der Waals surface area contributed by atoms with E-state index < -0.39 is 16.1 Å². The van der Waals surface area contributed by atoms with Crippen LogP contribution < -0.4 is 0 Å². The fourth-order valence-electron chi connectivity index (χ4n) is 3.31. The average molecular weight is 436 g/mol. The Labute approximate surface area is 175 Å². The van der Waals surface area contributed by atoms with E-state index in [0.717, 1.165) is 28.3 Å². The van der Waals surface area contributed by atoms with E-state index in [0.29, 0.717) is 23.7 Å². The van der Waals surface area contributed by atoms with Gasteiger partial charge in [0.1, 0.15) is 5.69 Å². The van der Waals surface area contributed by atoms with Gasteiger partial charge in [0.25, 0.3) is 10.1 Å². The molecule has 0 atom stereocenters. The third kappa shape index (κ3) is 4.98. The molecule has 0 N–H and O–H groups in total. The molecule has 1 aromatic heterocycles. The molecule has 3 rings (SSSR count). The van der Waals surface area contributed by atoms with E-state index in [2.05, 4.69) is 0 Å². The van der Waals surface area contributed by atoms with Gasteiger partial charge in [0, 0.05) is 22.3 Å². The van der Waals surface area contributed by atoms with Crippen molar-refractivity contribution in [3.05, 3.63) is 59.2 Å². The Balaban J connectivity index is 2.16. The number of benzene rings is 2. The lowest BCUT2D eigenvalue weighted by molar-refractivity contribution is 0.0516. The molecule has 0 saturated heterocycles. The number of hydrogen-bond acceptors (Lipinski definition) is 5. The topological polar surface area (TPSA) is 74.6 Å². The summed E-state index contributed by atoms with van der Waals surface area (Å²) in [5.41, 5.74) is 2.15. The minimum atomic E-state index is -3.52. The largest absolute Gasteiger partial charge is 0.461 e. The Morgan fingerprint density at radius 1 is 1.10 bits per heavy atom. The fourth-order valence-corrected chi connectivity index (χ4v) is 3.90. The van der Waals surface area contributed by atoms with Gasteiger partial charge in [-0.05, 0) is 31.0 Å². The van der Waals surface area contributed by atoms with Crippen LogP contribution in [-0.2, 0) is 25.6 Å². The second-order valence-electron chi connectivity index (χ2n) is 6.50. The molecule has 0 amide bonds. The molecule has 0 aliphatic rings. The van der Waals surface area contributed by atoms with Gasteiger partial charge in [0.2, 0.25) is 0 Å². The predicted octanol–water partition coefficient (Wildman–Crippen LogP) is 4.50. The van der Waals surface area contributed by atoms with E-state index in [4.69, 9.17) is 20.5 Å². The maximum absolute atomic E-state index is 12.8. The third-order valence-corrected chi connectivity index (χ3v) is 5.20. The molecule has 1 heterocycles. The minimum Gasteiger partial charge on any atom is -0.461 e. The summed E-state index contributed by atoms with van der Waals surface area (Å²) in [6.07, 6.45) is 1.41. The van der Waals surface area contributed by atoms with Gasteiger partial charge in [-0.25, -0.2) is 4.79 Å². The number of carbonyl (C=O) groups is 1. The molecule has 0 radical (unpaired) electrons. The van der Waals surface area contributed by atoms with Crippen LogP contribution in [0.4, 0.5) is 0 Å². The number of fused-ring (bicyclic) bond motifs is 1. The molecule has 0 unspecified atom stereocenters. The summed E-state index contributed by atoms with van der Waals surface area (Å²) >= 11 is 6.25. The molecule has 0 saturated carbocycles. The van der Waals surface area contributed by atoms with Crippen LogP contribution in [0.15, 0.2) is 48.5 Å². The second-order valence-corrected chi connectivity index (χ2v) is 8.59. The van der Waals surface area contributed by atoms with Crippen molar-refractivity contribution in [2.75, 3.05) is 19.5 Å². The summed E-state index contributed by atoms with van der Waals surface area (Å²) in [6.45, 7) is 2.39. The van der Waals surface area contributed by atoms with Crippen molar-refractivity contribution < 1.29 is 22.1 Å². The van der Waals surface area contributed by atoms with Crippen molar-refractivity contribution in [2.45, 2.75) is 19.9 Å². The van der Waals surface area contributed by atoms with E-state index in [1.807, 2.05) is 41.0 Å². The first-order chi connectivity index (χ1) is 13.8. The van der Waals surface area contributed by atoms with Crippen LogP contribution in [-0.4, -0.2) is 38.4 Å². The highest BCUT2D eigenvalue weighted by Crippen LogP contribution is 2.36. The van der Waals surface area contributed by atoms with Gasteiger partial charge in [0.15, 0.2) is 0 Å². The Bertz CT molecular complexity index is 1120. The summed E-state index contributed by atoms with van der Waals surface area (Å²) in [5, 5.41) is 2.12. The molecule has 8 heteroatoms. The van der Waals surface area contributed by atoms with Crippen molar-refractivity contribution in [3.8, 4) is 11.3 Å². The lowest BCUT2D eigenvalue weighted by Gasteiger charge is -2.13. The van der Waals surface area contributed by atoms with Crippen molar-refractivity contribution in [2.24, 2.45) is 0 Å². The van der Waals surface area contributed by atoms with Crippen LogP contribution in [0.25, 0.3) is 22.0 Å². The monoisotopic (exact) mass is 435 g/mol. The lowest BCUT2D eigenvalue weighted by atomic mass is 10.1. The summed E-state index contributed by atoms with van der Waals surface area (Å²) < 4.78 is 34.5. The van der Waals surface area contributed by atoms with Crippen molar-refractivity contribution in [1.82, 2.24) is 4.57 Å². The molecule has 29 heavy (non-hydrogen) atoms. The van der Waals surface area contributed by atoms with Gasteiger partial charge in [-0.15, -0.1) is 0 Å². The van der Waals surface area contributed by atoms with Gasteiger partial charge in [-0.3, -0.25) is 4.18 Å². The number of hydrogen-bond donors (Lipinski definition) is 0. The molecule has 0 aliphatic heterocycles. The number of nitrogens with zero attached hydrogens (tertiary/aromatic N) is 1. The molecule has 154 valence electrons. The van der Waals surface area contributed by atoms with Crippen molar-refractivity contribution >= 4 is 38.5 Å². The van der Waals surface area contributed by atoms with Crippen LogP contribution in [0.1, 0.15) is 23.8 Å². The number of rotatable bonds is 8. The quantitative estimate of drug-likeness (QED) is 0.296. The molecule has 6 nitrogen and oxygen atoms in total. The fraction of sp³-hybridized carbons (Fsp3) is 0.286. The van der Waals surface area contributed by atoms with E-state index >= 15 is 0 Å². The summed E-state index contributed by atoms with van der Waals surface area (Å²) in [4.78, 5) is 12.8. The Morgan fingerprint density at radius 3 is 2.48 bits per heavy atom. The van der Waals surface area contributed by atoms with Crippen LogP contribution in [0.5, 0.6) is 0 Å². The van der Waals surface area contributed by atoms with Crippen molar-refractivity contribution in [3.63, 3.8) is 0 Å². The van der Waals surface area contributed by atoms with Gasteiger partial charge in [0.05, 0.1) is 25.2 Å². The highest BCUT2D eigenvalue weighted by atomic mass is 35.5. The number of ether oxygens (including phenoxy) is 1. The first-order valence-corrected chi connectivity index (χ1v) is 11.4. The highest BCUT2D eigenvalue weighted by molar-refractivity contribution is 7.85. The van der Waals surface area contributed by atoms with E-state index in [9.17, 15) is 13.2 Å². The van der Waals surface area contributed by atoms with Crippen molar-refractivity contribution in [1.29, 1.82) is 0 Å². The molecular weight excluding hydrogens is 414 g/mol. The van der Waals surface area contributed by atoms with E-state index in [-0.39, 0.29) is 13.2 Å². The second kappa shape index (κ2) is 8.98. The third-order valence-electron chi connectivity index (χ3n) is 4.37. The zero-order chi connectivity index (χ0) is 21.0. The first kappa shape index (κ1) is 21.4. The maximum atomic E-state index is 12.8. The van der Waals surface area contributed by atoms with Gasteiger partial charge in [-0.2, -0.15) is 8.42 Å². The normalized spacial score (nSPS) is 11.7. The standard InChI is InChI=1S/C21H22ClNO5S/c1-3-27-21(24)20-17-11-10-16(22)14-18(17)19(15-8-5-4-6-9-15)23(20)12-7-13-28-29(2,25)26/h4-6,8-11,14H,3,7,12-13H2,1-2H3. The SMILES string of the molecule is CCOC(=O)c1c2ccc(Cl)cc2c(-c2ccccc2)n1CCCOS(C)(=O)=O. The van der Waals surface area contributed by atoms with E-state index in [1.165, 1.54) is 0 Å². The van der Waals surface area contributed by atoms with Crippen LogP contribution in [0, 0.1) is 0 Å². The number of halogens is 1. The molecular formula is C21H22ClNO5S. The molecule has 0 bridgehead atoms. The maximum Gasteiger partial charge on any atom is 0.355 e. The first-order valence-electron chi connectivity index (χ1n) is 9.20. The number of esters is 1. The van der Waals surface area contributed by atoms with Gasteiger partial charge in [-0.1, -0.05) is 48.0 Å². The zero-order valence-electron chi connectivity index (χ0n) is 16.2. The zero-order valence-corrected chi connectivity index (χ0v) is 17.8. The summed E-state index contributed by atoms with van der Waals surface area (Å²) in [7, 11) is -3.52. The molecule has 0 spiro atoms. The molecule has 3 aromatic rings. The summed E-state index contributed by atoms with van der Waals surface area (Å²) in [6, 6.07) is 15.0. The van der Waals surface area contributed by atoms with Crippen LogP contribution >= 0.6 is 11.6 Å². The average Bonchev–Trinajstić information content (AvgIpc) is 2.98. The highest BCUT2D eigenvalue weighted by Gasteiger charge is 2.24. The molecule has 0 aliphatic carbocycles. The van der Waals surface area contributed by atoms with Gasteiger partial charge < -0.3 is 9.30 Å². The Hall–Kier alpha value is -2.35. The smallest absolute Gasteiger partial charge is 0.355 e. The Morgan fingerprint density at radius 2 is 1.83 bits per heavy atom. The predicted molar refractivity (Wildman–Crippen MR) is 114 cm³/mol. The number of carbonyl (C=O) groups excluding carboxylic acids is 1.